The number of esters is 3. The van der Waals surface area contributed by atoms with Gasteiger partial charge in [-0.1, -0.05) is 104 Å². The second-order valence-corrected chi connectivity index (χ2v) is 17.0. The van der Waals surface area contributed by atoms with Crippen LogP contribution in [0.25, 0.3) is 0 Å². The highest BCUT2D eigenvalue weighted by atomic mass is 16.5. The van der Waals surface area contributed by atoms with Crippen LogP contribution in [0.15, 0.2) is 0 Å². The molecule has 0 spiro atoms. The van der Waals surface area contributed by atoms with E-state index in [9.17, 15) is 14.4 Å². The van der Waals surface area contributed by atoms with Crippen LogP contribution in [-0.2, 0) is 28.6 Å². The normalized spacial score (nSPS) is 18.4. The van der Waals surface area contributed by atoms with Crippen LogP contribution in [0.4, 0.5) is 0 Å². The predicted molar refractivity (Wildman–Crippen MR) is 199 cm³/mol. The molecule has 0 atom stereocenters. The van der Waals surface area contributed by atoms with Gasteiger partial charge < -0.3 is 14.2 Å². The Morgan fingerprint density at radius 1 is 0.458 bits per heavy atom. The summed E-state index contributed by atoms with van der Waals surface area (Å²) in [6.07, 6.45) is 26.0. The summed E-state index contributed by atoms with van der Waals surface area (Å²) < 4.78 is 16.1. The fourth-order valence-corrected chi connectivity index (χ4v) is 6.37. The molecule has 0 radical (unpaired) electrons. The minimum Gasteiger partial charge on any atom is -0.465 e. The fraction of sp³-hybridized carbons (Fsp3) is 0.929. The van der Waals surface area contributed by atoms with Crippen LogP contribution in [0.3, 0.4) is 0 Å². The zero-order valence-electron chi connectivity index (χ0n) is 33.2. The van der Waals surface area contributed by atoms with Gasteiger partial charge in [-0.3, -0.25) is 14.4 Å². The lowest BCUT2D eigenvalue weighted by molar-refractivity contribution is -0.156. The first-order valence-electron chi connectivity index (χ1n) is 20.2. The van der Waals surface area contributed by atoms with E-state index >= 15 is 0 Å². The number of carbonyl (C=O) groups is 3. The number of rotatable bonds is 15. The van der Waals surface area contributed by atoms with Crippen LogP contribution in [-0.4, -0.2) is 37.7 Å². The van der Waals surface area contributed by atoms with Crippen molar-refractivity contribution < 1.29 is 28.6 Å². The van der Waals surface area contributed by atoms with Crippen LogP contribution in [0, 0.1) is 34.0 Å². The van der Waals surface area contributed by atoms with E-state index in [1.54, 1.807) is 0 Å². The topological polar surface area (TPSA) is 78.9 Å². The first-order valence-corrected chi connectivity index (χ1v) is 20.2. The Morgan fingerprint density at radius 3 is 1.19 bits per heavy atom. The van der Waals surface area contributed by atoms with Crippen molar-refractivity contribution in [2.75, 3.05) is 19.8 Å². The zero-order chi connectivity index (χ0) is 36.1. The maximum atomic E-state index is 11.7. The Labute approximate surface area is 297 Å². The number of hydrogen-bond donors (Lipinski definition) is 0. The molecule has 48 heavy (non-hydrogen) atoms. The molecule has 3 rings (SSSR count). The Kier molecular flexibility index (Phi) is 22.0. The lowest BCUT2D eigenvalue weighted by atomic mass is 9.86. The first kappa shape index (κ1) is 44.4. The molecule has 3 fully saturated rings. The van der Waals surface area contributed by atoms with Gasteiger partial charge in [0.05, 0.1) is 36.1 Å². The van der Waals surface area contributed by atoms with Crippen molar-refractivity contribution in [2.24, 2.45) is 34.0 Å². The summed E-state index contributed by atoms with van der Waals surface area (Å²) in [6, 6.07) is 0. The van der Waals surface area contributed by atoms with Crippen LogP contribution < -0.4 is 0 Å². The monoisotopic (exact) mass is 679 g/mol. The summed E-state index contributed by atoms with van der Waals surface area (Å²) in [5.41, 5.74) is -0.938. The van der Waals surface area contributed by atoms with Crippen LogP contribution in [0.5, 0.6) is 0 Å². The molecule has 6 heteroatoms. The molecule has 0 aliphatic heterocycles. The highest BCUT2D eigenvalue weighted by molar-refractivity contribution is 5.76. The van der Waals surface area contributed by atoms with Gasteiger partial charge in [-0.05, 0) is 111 Å². The average molecular weight is 679 g/mol. The van der Waals surface area contributed by atoms with E-state index in [0.717, 1.165) is 43.9 Å². The Hall–Kier alpha value is -1.59. The molecule has 0 N–H and O–H groups in total. The largest absolute Gasteiger partial charge is 0.465 e. The van der Waals surface area contributed by atoms with Gasteiger partial charge >= 0.3 is 17.9 Å². The highest BCUT2D eigenvalue weighted by Crippen LogP contribution is 2.29. The van der Waals surface area contributed by atoms with Gasteiger partial charge in [-0.25, -0.2) is 0 Å². The van der Waals surface area contributed by atoms with Crippen LogP contribution in [0.2, 0.25) is 0 Å². The zero-order valence-corrected chi connectivity index (χ0v) is 33.2. The average Bonchev–Trinajstić information content (AvgIpc) is 3.10. The Bertz CT molecular complexity index is 873. The summed E-state index contributed by atoms with van der Waals surface area (Å²) in [5, 5.41) is 0. The summed E-state index contributed by atoms with van der Waals surface area (Å²) >= 11 is 0. The molecule has 6 nitrogen and oxygen atoms in total. The molecular weight excluding hydrogens is 600 g/mol. The van der Waals surface area contributed by atoms with Crippen molar-refractivity contribution in [3.8, 4) is 0 Å². The number of carbonyl (C=O) groups excluding carboxylic acids is 3. The fourth-order valence-electron chi connectivity index (χ4n) is 6.37. The van der Waals surface area contributed by atoms with Crippen molar-refractivity contribution in [1.29, 1.82) is 0 Å². The number of ether oxygens (including phenoxy) is 3. The van der Waals surface area contributed by atoms with E-state index in [4.69, 9.17) is 14.2 Å². The van der Waals surface area contributed by atoms with E-state index in [-0.39, 0.29) is 34.2 Å². The van der Waals surface area contributed by atoms with E-state index in [1.165, 1.54) is 103 Å². The summed E-state index contributed by atoms with van der Waals surface area (Å²) in [4.78, 5) is 35.2. The molecule has 0 amide bonds. The lowest BCUT2D eigenvalue weighted by Gasteiger charge is -2.25. The minimum atomic E-state index is -0.315. The molecule has 0 aromatic carbocycles. The van der Waals surface area contributed by atoms with Gasteiger partial charge in [0.15, 0.2) is 0 Å². The predicted octanol–water partition coefficient (Wildman–Crippen LogP) is 11.8. The van der Waals surface area contributed by atoms with Gasteiger partial charge in [0.1, 0.15) is 0 Å². The number of hydrogen-bond acceptors (Lipinski definition) is 6. The van der Waals surface area contributed by atoms with E-state index in [2.05, 4.69) is 0 Å². The summed E-state index contributed by atoms with van der Waals surface area (Å²) in [7, 11) is 0. The summed E-state index contributed by atoms with van der Waals surface area (Å²) in [6.45, 7) is 19.7. The van der Waals surface area contributed by atoms with Crippen LogP contribution >= 0.6 is 0 Å². The van der Waals surface area contributed by atoms with Crippen molar-refractivity contribution in [3.05, 3.63) is 0 Å². The van der Waals surface area contributed by atoms with Gasteiger partial charge in [-0.2, -0.15) is 0 Å². The standard InChI is InChI=1S/C15H28O2.C14H26O2.C13H24O2/c1-4-15(2,3)14(16)17-12-8-11-13-9-6-5-7-10-13;1-4-14(2,3)13(15)16-11-10-12-8-6-5-7-9-12;1-4-13(2,3)12(14)15-10-11-8-6-5-7-9-11/h13H,4-12H2,1-3H3;12H,4-11H2,1-3H3;11H,4-10H2,1-3H3. The van der Waals surface area contributed by atoms with Crippen molar-refractivity contribution in [2.45, 2.75) is 197 Å². The smallest absolute Gasteiger partial charge is 0.311 e. The highest BCUT2D eigenvalue weighted by Gasteiger charge is 2.29. The molecule has 0 bridgehead atoms. The second-order valence-electron chi connectivity index (χ2n) is 17.0. The molecule has 0 unspecified atom stereocenters. The summed E-state index contributed by atoms with van der Waals surface area (Å²) in [5.74, 6) is 2.20. The Balaban J connectivity index is 0.000000361. The van der Waals surface area contributed by atoms with E-state index < -0.39 is 0 Å². The third kappa shape index (κ3) is 18.4. The van der Waals surface area contributed by atoms with E-state index in [0.29, 0.717) is 25.7 Å². The molecule has 0 heterocycles. The first-order chi connectivity index (χ1) is 22.7. The van der Waals surface area contributed by atoms with Crippen molar-refractivity contribution >= 4 is 17.9 Å². The quantitative estimate of drug-likeness (QED) is 0.0974. The van der Waals surface area contributed by atoms with E-state index in [1.807, 2.05) is 62.3 Å². The lowest BCUT2D eigenvalue weighted by Crippen LogP contribution is -2.28. The Morgan fingerprint density at radius 2 is 0.792 bits per heavy atom. The van der Waals surface area contributed by atoms with Crippen molar-refractivity contribution in [1.82, 2.24) is 0 Å². The second kappa shape index (κ2) is 23.7. The molecule has 3 aliphatic rings. The van der Waals surface area contributed by atoms with Gasteiger partial charge in [0.25, 0.3) is 0 Å². The molecular formula is C42H78O6. The molecule has 3 aliphatic carbocycles. The minimum absolute atomic E-state index is 0.0319. The van der Waals surface area contributed by atoms with Gasteiger partial charge in [0.2, 0.25) is 0 Å². The van der Waals surface area contributed by atoms with Gasteiger partial charge in [0, 0.05) is 0 Å². The van der Waals surface area contributed by atoms with Gasteiger partial charge in [-0.15, -0.1) is 0 Å². The third-order valence-corrected chi connectivity index (χ3v) is 11.7. The van der Waals surface area contributed by atoms with Crippen molar-refractivity contribution in [3.63, 3.8) is 0 Å². The maximum absolute atomic E-state index is 11.7. The third-order valence-electron chi connectivity index (χ3n) is 11.7. The SMILES string of the molecule is CCC(C)(C)C(=O)OCC1CCCCC1.CCC(C)(C)C(=O)OCCC1CCCCC1.CCC(C)(C)C(=O)OCCCC1CCCCC1. The van der Waals surface area contributed by atoms with Crippen LogP contribution in [0.1, 0.15) is 197 Å². The molecule has 0 aromatic rings. The molecule has 0 saturated heterocycles. The molecule has 282 valence electrons. The molecule has 0 aromatic heterocycles. The molecule has 3 saturated carbocycles. The maximum Gasteiger partial charge on any atom is 0.311 e.